The number of fused-ring (bicyclic) bond motifs is 1. The molecule has 3 unspecified atom stereocenters. The van der Waals surface area contributed by atoms with E-state index in [0.717, 1.165) is 12.8 Å². The Morgan fingerprint density at radius 3 is 2.64 bits per heavy atom. The van der Waals surface area contributed by atoms with Crippen LogP contribution in [0, 0.1) is 11.8 Å². The highest BCUT2D eigenvalue weighted by Gasteiger charge is 2.48. The zero-order chi connectivity index (χ0) is 9.54. The topological polar surface area (TPSA) is 44.8 Å². The van der Waals surface area contributed by atoms with Crippen molar-refractivity contribution >= 4 is 5.97 Å². The number of hydrogen-bond acceptors (Lipinski definition) is 4. The van der Waals surface area contributed by atoms with E-state index < -0.39 is 0 Å². The maximum absolute atomic E-state index is 11.1. The smallest absolute Gasteiger partial charge is 0.306 e. The van der Waals surface area contributed by atoms with Crippen LogP contribution < -0.4 is 0 Å². The predicted molar refractivity (Wildman–Crippen MR) is 46.4 cm³/mol. The van der Waals surface area contributed by atoms with Crippen molar-refractivity contribution in [1.82, 2.24) is 0 Å². The first kappa shape index (κ1) is 8.68. The lowest BCUT2D eigenvalue weighted by Gasteiger charge is -2.21. The van der Waals surface area contributed by atoms with E-state index in [1.807, 2.05) is 0 Å². The molecule has 0 aromatic heterocycles. The molecule has 2 heterocycles. The summed E-state index contributed by atoms with van der Waals surface area (Å²) in [7, 11) is 0. The summed E-state index contributed by atoms with van der Waals surface area (Å²) in [6.07, 6.45) is 2.65. The average molecular weight is 198 g/mol. The zero-order valence-corrected chi connectivity index (χ0v) is 7.98. The predicted octanol–water partition coefficient (Wildman–Crippen LogP) is 0.701. The third-order valence-corrected chi connectivity index (χ3v) is 3.49. The highest BCUT2D eigenvalue weighted by atomic mass is 16.7. The number of carbonyl (C=O) groups excluding carboxylic acids is 1. The highest BCUT2D eigenvalue weighted by molar-refractivity contribution is 5.72. The van der Waals surface area contributed by atoms with Crippen LogP contribution in [-0.2, 0) is 19.0 Å². The quantitative estimate of drug-likeness (QED) is 0.582. The molecule has 78 valence electrons. The Hall–Kier alpha value is -0.610. The van der Waals surface area contributed by atoms with E-state index in [1.165, 1.54) is 0 Å². The third-order valence-electron chi connectivity index (χ3n) is 3.49. The molecule has 3 rings (SSSR count). The van der Waals surface area contributed by atoms with Gasteiger partial charge in [-0.3, -0.25) is 4.79 Å². The highest BCUT2D eigenvalue weighted by Crippen LogP contribution is 2.44. The fraction of sp³-hybridized carbons (Fsp3) is 0.900. The summed E-state index contributed by atoms with van der Waals surface area (Å²) in [5.74, 6) is 0.655. The van der Waals surface area contributed by atoms with Gasteiger partial charge >= 0.3 is 5.97 Å². The van der Waals surface area contributed by atoms with Crippen molar-refractivity contribution in [2.24, 2.45) is 11.8 Å². The van der Waals surface area contributed by atoms with Crippen LogP contribution in [0.3, 0.4) is 0 Å². The third kappa shape index (κ3) is 1.25. The van der Waals surface area contributed by atoms with Crippen LogP contribution in [-0.4, -0.2) is 31.6 Å². The van der Waals surface area contributed by atoms with Gasteiger partial charge in [-0.2, -0.15) is 0 Å². The Bertz CT molecular complexity index is 247. The van der Waals surface area contributed by atoms with Gasteiger partial charge < -0.3 is 14.2 Å². The number of carbonyl (C=O) groups is 1. The first-order valence-electron chi connectivity index (χ1n) is 5.27. The van der Waals surface area contributed by atoms with E-state index in [9.17, 15) is 4.79 Å². The fourth-order valence-corrected chi connectivity index (χ4v) is 2.86. The van der Waals surface area contributed by atoms with Gasteiger partial charge in [-0.15, -0.1) is 0 Å². The van der Waals surface area contributed by atoms with Gasteiger partial charge in [0.2, 0.25) is 0 Å². The molecule has 0 aromatic carbocycles. The van der Waals surface area contributed by atoms with Gasteiger partial charge in [-0.1, -0.05) is 0 Å². The lowest BCUT2D eigenvalue weighted by molar-refractivity contribution is -0.141. The van der Waals surface area contributed by atoms with Gasteiger partial charge in [0.1, 0.15) is 6.10 Å². The van der Waals surface area contributed by atoms with Gasteiger partial charge in [0.15, 0.2) is 6.29 Å². The molecule has 3 fully saturated rings. The van der Waals surface area contributed by atoms with Gasteiger partial charge in [-0.05, 0) is 12.8 Å². The second-order valence-electron chi connectivity index (χ2n) is 4.25. The monoisotopic (exact) mass is 198 g/mol. The maximum Gasteiger partial charge on any atom is 0.306 e. The minimum Gasteiger partial charge on any atom is -0.462 e. The fourth-order valence-electron chi connectivity index (χ4n) is 2.86. The Labute approximate surface area is 82.5 Å². The molecule has 4 heteroatoms. The summed E-state index contributed by atoms with van der Waals surface area (Å²) in [5, 5.41) is 0. The van der Waals surface area contributed by atoms with Crippen molar-refractivity contribution in [3.63, 3.8) is 0 Å². The molecule has 2 saturated heterocycles. The lowest BCUT2D eigenvalue weighted by Crippen LogP contribution is -2.26. The Kier molecular flexibility index (Phi) is 1.99. The average Bonchev–Trinajstić information content (AvgIpc) is 2.77. The summed E-state index contributed by atoms with van der Waals surface area (Å²) in [5.41, 5.74) is 0. The molecule has 0 radical (unpaired) electrons. The van der Waals surface area contributed by atoms with E-state index in [0.29, 0.717) is 31.5 Å². The SMILES string of the molecule is O=C1CC2C(CCC2C2OCCO2)O1. The van der Waals surface area contributed by atoms with E-state index in [4.69, 9.17) is 14.2 Å². The Morgan fingerprint density at radius 1 is 1.07 bits per heavy atom. The van der Waals surface area contributed by atoms with Crippen LogP contribution in [0.4, 0.5) is 0 Å². The summed E-state index contributed by atoms with van der Waals surface area (Å²) >= 11 is 0. The molecule has 0 N–H and O–H groups in total. The van der Waals surface area contributed by atoms with Crippen LogP contribution in [0.15, 0.2) is 0 Å². The normalized spacial score (nSPS) is 42.9. The summed E-state index contributed by atoms with van der Waals surface area (Å²) < 4.78 is 16.2. The first-order valence-corrected chi connectivity index (χ1v) is 5.27. The van der Waals surface area contributed by atoms with Crippen LogP contribution >= 0.6 is 0 Å². The van der Waals surface area contributed by atoms with Crippen molar-refractivity contribution in [2.45, 2.75) is 31.7 Å². The van der Waals surface area contributed by atoms with E-state index >= 15 is 0 Å². The van der Waals surface area contributed by atoms with Gasteiger partial charge in [0.25, 0.3) is 0 Å². The number of rotatable bonds is 1. The summed E-state index contributed by atoms with van der Waals surface area (Å²) in [6.45, 7) is 1.38. The van der Waals surface area contributed by atoms with Gasteiger partial charge in [0.05, 0.1) is 19.6 Å². The molecule has 4 nitrogen and oxygen atoms in total. The number of ether oxygens (including phenoxy) is 3. The number of hydrogen-bond donors (Lipinski definition) is 0. The van der Waals surface area contributed by atoms with Crippen LogP contribution in [0.1, 0.15) is 19.3 Å². The minimum atomic E-state index is -0.0838. The molecular weight excluding hydrogens is 184 g/mol. The molecule has 0 amide bonds. The molecule has 3 aliphatic rings. The molecule has 14 heavy (non-hydrogen) atoms. The van der Waals surface area contributed by atoms with E-state index in [-0.39, 0.29) is 18.4 Å². The standard InChI is InChI=1S/C10H14O4/c11-9-5-7-6(1-2-8(7)14-9)10-12-3-4-13-10/h6-8,10H,1-5H2. The van der Waals surface area contributed by atoms with Gasteiger partial charge in [-0.25, -0.2) is 0 Å². The van der Waals surface area contributed by atoms with Crippen molar-refractivity contribution in [3.05, 3.63) is 0 Å². The van der Waals surface area contributed by atoms with E-state index in [1.54, 1.807) is 0 Å². The zero-order valence-electron chi connectivity index (χ0n) is 7.98. The van der Waals surface area contributed by atoms with Crippen LogP contribution in [0.25, 0.3) is 0 Å². The van der Waals surface area contributed by atoms with Crippen LogP contribution in [0.5, 0.6) is 0 Å². The largest absolute Gasteiger partial charge is 0.462 e. The van der Waals surface area contributed by atoms with Gasteiger partial charge in [0, 0.05) is 11.8 Å². The molecule has 0 spiro atoms. The van der Waals surface area contributed by atoms with Crippen LogP contribution in [0.2, 0.25) is 0 Å². The molecule has 2 aliphatic heterocycles. The Morgan fingerprint density at radius 2 is 1.86 bits per heavy atom. The molecule has 0 bridgehead atoms. The van der Waals surface area contributed by atoms with Crippen molar-refractivity contribution in [2.75, 3.05) is 13.2 Å². The molecule has 1 saturated carbocycles. The van der Waals surface area contributed by atoms with Crippen molar-refractivity contribution in [3.8, 4) is 0 Å². The molecular formula is C10H14O4. The van der Waals surface area contributed by atoms with Crippen molar-refractivity contribution < 1.29 is 19.0 Å². The second kappa shape index (κ2) is 3.21. The molecule has 3 atom stereocenters. The van der Waals surface area contributed by atoms with Crippen molar-refractivity contribution in [1.29, 1.82) is 0 Å². The van der Waals surface area contributed by atoms with E-state index in [2.05, 4.69) is 0 Å². The first-order chi connectivity index (χ1) is 6.84. The molecule has 0 aromatic rings. The molecule has 1 aliphatic carbocycles. The minimum absolute atomic E-state index is 0.0531. The maximum atomic E-state index is 11.1. The lowest BCUT2D eigenvalue weighted by atomic mass is 9.93. The summed E-state index contributed by atoms with van der Waals surface area (Å²) in [4.78, 5) is 11.1. The second-order valence-corrected chi connectivity index (χ2v) is 4.25. The Balaban J connectivity index is 1.72. The number of esters is 1. The summed E-state index contributed by atoms with van der Waals surface area (Å²) in [6, 6.07) is 0.